The Morgan fingerprint density at radius 1 is 1.24 bits per heavy atom. The van der Waals surface area contributed by atoms with E-state index in [2.05, 4.69) is 10.1 Å². The zero-order valence-electron chi connectivity index (χ0n) is 15.9. The summed E-state index contributed by atoms with van der Waals surface area (Å²) in [5.41, 5.74) is 0.723. The molecule has 0 fully saturated rings. The molecule has 3 rings (SSSR count). The van der Waals surface area contributed by atoms with Crippen molar-refractivity contribution in [1.29, 1.82) is 0 Å². The summed E-state index contributed by atoms with van der Waals surface area (Å²) in [6.07, 6.45) is 0.313. The van der Waals surface area contributed by atoms with Gasteiger partial charge in [-0.3, -0.25) is 14.9 Å². The van der Waals surface area contributed by atoms with Gasteiger partial charge in [0.05, 0.1) is 4.92 Å². The second-order valence-electron chi connectivity index (χ2n) is 6.67. The average Bonchev–Trinajstić information content (AvgIpc) is 3.17. The lowest BCUT2D eigenvalue weighted by Gasteiger charge is -2.26. The summed E-state index contributed by atoms with van der Waals surface area (Å²) in [4.78, 5) is 29.1. The average molecular weight is 398 g/mol. The van der Waals surface area contributed by atoms with Crippen molar-refractivity contribution in [3.63, 3.8) is 0 Å². The number of nitro groups is 1. The Balaban J connectivity index is 1.71. The lowest BCUT2D eigenvalue weighted by Crippen LogP contribution is -2.38. The molecule has 0 aliphatic carbocycles. The molecule has 0 bridgehead atoms. The van der Waals surface area contributed by atoms with Gasteiger partial charge in [0.25, 0.3) is 11.6 Å². The second kappa shape index (κ2) is 8.59. The molecule has 0 saturated heterocycles. The van der Waals surface area contributed by atoms with E-state index in [1.807, 2.05) is 13.8 Å². The first kappa shape index (κ1) is 20.1. The highest BCUT2D eigenvalue weighted by molar-refractivity contribution is 5.95. The van der Waals surface area contributed by atoms with E-state index in [4.69, 9.17) is 4.52 Å². The number of aromatic nitrogens is 2. The van der Waals surface area contributed by atoms with E-state index >= 15 is 0 Å². The third kappa shape index (κ3) is 4.81. The molecular formula is C20H19FN4O4. The van der Waals surface area contributed by atoms with E-state index < -0.39 is 4.92 Å². The van der Waals surface area contributed by atoms with E-state index in [0.29, 0.717) is 30.2 Å². The maximum atomic E-state index is 13.0. The fourth-order valence-corrected chi connectivity index (χ4v) is 2.80. The molecule has 0 aliphatic heterocycles. The van der Waals surface area contributed by atoms with Gasteiger partial charge >= 0.3 is 0 Å². The molecule has 0 unspecified atom stereocenters. The number of nitro benzene ring substituents is 1. The number of hydrogen-bond donors (Lipinski definition) is 0. The molecule has 0 radical (unpaired) electrons. The van der Waals surface area contributed by atoms with E-state index in [9.17, 15) is 19.3 Å². The predicted molar refractivity (Wildman–Crippen MR) is 103 cm³/mol. The van der Waals surface area contributed by atoms with Gasteiger partial charge in [0.15, 0.2) is 0 Å². The first-order chi connectivity index (χ1) is 13.8. The van der Waals surface area contributed by atoms with Gasteiger partial charge in [0, 0.05) is 42.3 Å². The normalized spacial score (nSPS) is 10.9. The molecule has 0 spiro atoms. The molecule has 9 heteroatoms. The number of halogens is 1. The fraction of sp³-hybridized carbons (Fsp3) is 0.250. The summed E-state index contributed by atoms with van der Waals surface area (Å²) in [5.74, 6) is -0.00500. The summed E-state index contributed by atoms with van der Waals surface area (Å²) in [6, 6.07) is 11.2. The van der Waals surface area contributed by atoms with Crippen LogP contribution in [-0.4, -0.2) is 38.5 Å². The molecular weight excluding hydrogens is 379 g/mol. The minimum atomic E-state index is -0.536. The monoisotopic (exact) mass is 398 g/mol. The Morgan fingerprint density at radius 2 is 1.97 bits per heavy atom. The van der Waals surface area contributed by atoms with E-state index in [1.165, 1.54) is 30.3 Å². The van der Waals surface area contributed by atoms with Gasteiger partial charge in [-0.2, -0.15) is 4.98 Å². The van der Waals surface area contributed by atoms with Crippen LogP contribution in [0.2, 0.25) is 0 Å². The Kier molecular flexibility index (Phi) is 5.96. The smallest absolute Gasteiger partial charge is 0.270 e. The van der Waals surface area contributed by atoms with Crippen molar-refractivity contribution in [3.05, 3.63) is 75.9 Å². The number of rotatable bonds is 7. The lowest BCUT2D eigenvalue weighted by molar-refractivity contribution is -0.384. The molecule has 1 aromatic heterocycles. The van der Waals surface area contributed by atoms with Crippen molar-refractivity contribution in [1.82, 2.24) is 15.0 Å². The van der Waals surface area contributed by atoms with Crippen molar-refractivity contribution in [2.45, 2.75) is 26.3 Å². The third-order valence-electron chi connectivity index (χ3n) is 4.33. The van der Waals surface area contributed by atoms with Gasteiger partial charge in [-0.25, -0.2) is 4.39 Å². The molecule has 3 aromatic rings. The number of benzene rings is 2. The zero-order chi connectivity index (χ0) is 21.0. The molecule has 1 amide bonds. The molecule has 150 valence electrons. The van der Waals surface area contributed by atoms with E-state index in [-0.39, 0.29) is 29.0 Å². The summed E-state index contributed by atoms with van der Waals surface area (Å²) in [6.45, 7) is 4.00. The van der Waals surface area contributed by atoms with Gasteiger partial charge in [0.2, 0.25) is 11.7 Å². The van der Waals surface area contributed by atoms with E-state index in [1.54, 1.807) is 23.1 Å². The van der Waals surface area contributed by atoms with Gasteiger partial charge in [-0.15, -0.1) is 0 Å². The topological polar surface area (TPSA) is 102 Å². The molecule has 0 saturated carbocycles. The molecule has 0 aliphatic rings. The SMILES string of the molecule is CC(C)N(CCc1nc(-c2ccc(F)cc2)no1)C(=O)c1cccc([N+](=O)[O-])c1. The van der Waals surface area contributed by atoms with Crippen molar-refractivity contribution in [3.8, 4) is 11.4 Å². The van der Waals surface area contributed by atoms with Gasteiger partial charge < -0.3 is 9.42 Å². The second-order valence-corrected chi connectivity index (χ2v) is 6.67. The lowest BCUT2D eigenvalue weighted by atomic mass is 10.1. The molecule has 2 aromatic carbocycles. The van der Waals surface area contributed by atoms with Gasteiger partial charge in [0.1, 0.15) is 5.82 Å². The van der Waals surface area contributed by atoms with Crippen LogP contribution in [-0.2, 0) is 6.42 Å². The minimum Gasteiger partial charge on any atom is -0.339 e. The van der Waals surface area contributed by atoms with E-state index in [0.717, 1.165) is 0 Å². The van der Waals surface area contributed by atoms with Crippen LogP contribution in [0.5, 0.6) is 0 Å². The standard InChI is InChI=1S/C20H19FN4O4/c1-13(2)24(20(26)15-4-3-5-17(12-15)25(27)28)11-10-18-22-19(23-29-18)14-6-8-16(21)9-7-14/h3-9,12-13H,10-11H2,1-2H3. The molecule has 1 heterocycles. The van der Waals surface area contributed by atoms with Crippen molar-refractivity contribution in [2.24, 2.45) is 0 Å². The Labute approximate surface area is 166 Å². The highest BCUT2D eigenvalue weighted by Gasteiger charge is 2.21. The number of carbonyl (C=O) groups is 1. The highest BCUT2D eigenvalue weighted by Crippen LogP contribution is 2.18. The van der Waals surface area contributed by atoms with Crippen LogP contribution >= 0.6 is 0 Å². The number of amides is 1. The van der Waals surface area contributed by atoms with Gasteiger partial charge in [-0.05, 0) is 44.2 Å². The maximum Gasteiger partial charge on any atom is 0.270 e. The molecule has 29 heavy (non-hydrogen) atoms. The number of hydrogen-bond acceptors (Lipinski definition) is 6. The van der Waals surface area contributed by atoms with Crippen LogP contribution in [0.3, 0.4) is 0 Å². The number of nitrogens with zero attached hydrogens (tertiary/aromatic N) is 4. The Morgan fingerprint density at radius 3 is 2.62 bits per heavy atom. The van der Waals surface area contributed by atoms with Crippen molar-refractivity contribution < 1.29 is 18.6 Å². The maximum absolute atomic E-state index is 13.0. The quantitative estimate of drug-likeness (QED) is 0.442. The largest absolute Gasteiger partial charge is 0.339 e. The molecule has 0 atom stereocenters. The predicted octanol–water partition coefficient (Wildman–Crippen LogP) is 3.88. The van der Waals surface area contributed by atoms with Gasteiger partial charge in [-0.1, -0.05) is 11.2 Å². The summed E-state index contributed by atoms with van der Waals surface area (Å²) >= 11 is 0. The van der Waals surface area contributed by atoms with Crippen molar-refractivity contribution >= 4 is 11.6 Å². The van der Waals surface area contributed by atoms with Crippen molar-refractivity contribution in [2.75, 3.05) is 6.54 Å². The van der Waals surface area contributed by atoms with Crippen LogP contribution in [0, 0.1) is 15.9 Å². The summed E-state index contributed by atoms with van der Waals surface area (Å²) < 4.78 is 18.3. The Bertz CT molecular complexity index is 1020. The highest BCUT2D eigenvalue weighted by atomic mass is 19.1. The van der Waals surface area contributed by atoms with Crippen LogP contribution in [0.4, 0.5) is 10.1 Å². The Hall–Kier alpha value is -3.62. The molecule has 0 N–H and O–H groups in total. The number of non-ortho nitro benzene ring substituents is 1. The fourth-order valence-electron chi connectivity index (χ4n) is 2.80. The third-order valence-corrected chi connectivity index (χ3v) is 4.33. The summed E-state index contributed by atoms with van der Waals surface area (Å²) in [7, 11) is 0. The van der Waals surface area contributed by atoms with Crippen LogP contribution in [0.15, 0.2) is 53.1 Å². The summed E-state index contributed by atoms with van der Waals surface area (Å²) in [5, 5.41) is 14.8. The minimum absolute atomic E-state index is 0.138. The number of carbonyl (C=O) groups excluding carboxylic acids is 1. The van der Waals surface area contributed by atoms with Crippen LogP contribution < -0.4 is 0 Å². The first-order valence-corrected chi connectivity index (χ1v) is 8.99. The first-order valence-electron chi connectivity index (χ1n) is 8.99. The molecule has 8 nitrogen and oxygen atoms in total. The zero-order valence-corrected chi connectivity index (χ0v) is 15.9. The van der Waals surface area contributed by atoms with Crippen LogP contribution in [0.25, 0.3) is 11.4 Å². The van der Waals surface area contributed by atoms with Crippen LogP contribution in [0.1, 0.15) is 30.1 Å².